The molecule has 1 amide bonds. The third kappa shape index (κ3) is 6.00. The van der Waals surface area contributed by atoms with Crippen molar-refractivity contribution in [1.29, 1.82) is 10.7 Å². The second-order valence-electron chi connectivity index (χ2n) is 8.63. The molecule has 0 aromatic heterocycles. The number of amides is 1. The summed E-state index contributed by atoms with van der Waals surface area (Å²) in [6.07, 6.45) is 4.93. The second kappa shape index (κ2) is 11.4. The highest BCUT2D eigenvalue weighted by Gasteiger charge is 2.42. The first kappa shape index (κ1) is 24.3. The van der Waals surface area contributed by atoms with Gasteiger partial charge in [-0.3, -0.25) is 20.0 Å². The second-order valence-corrected chi connectivity index (χ2v) is 8.63. The molecule has 0 unspecified atom stereocenters. The Hall–Kier alpha value is -2.01. The third-order valence-corrected chi connectivity index (χ3v) is 6.08. The third-order valence-electron chi connectivity index (χ3n) is 6.08. The molecule has 2 rings (SSSR count). The van der Waals surface area contributed by atoms with Crippen molar-refractivity contribution in [2.75, 3.05) is 52.5 Å². The molecule has 30 heavy (non-hydrogen) atoms. The Balaban J connectivity index is 2.25. The van der Waals surface area contributed by atoms with Crippen molar-refractivity contribution in [3.8, 4) is 6.07 Å². The number of rotatable bonds is 8. The van der Waals surface area contributed by atoms with Gasteiger partial charge in [0.25, 0.3) is 0 Å². The minimum atomic E-state index is -0.228. The van der Waals surface area contributed by atoms with E-state index >= 15 is 0 Å². The van der Waals surface area contributed by atoms with E-state index in [1.165, 1.54) is 17.1 Å². The maximum atomic E-state index is 12.8. The Morgan fingerprint density at radius 3 is 2.43 bits per heavy atom. The van der Waals surface area contributed by atoms with Crippen LogP contribution in [0.5, 0.6) is 0 Å². The lowest BCUT2D eigenvalue weighted by Crippen LogP contribution is -2.64. The zero-order valence-electron chi connectivity index (χ0n) is 18.8. The summed E-state index contributed by atoms with van der Waals surface area (Å²) < 4.78 is 5.65. The number of piperazine rings is 1. The van der Waals surface area contributed by atoms with E-state index in [4.69, 9.17) is 10.1 Å². The van der Waals surface area contributed by atoms with Gasteiger partial charge in [0.2, 0.25) is 5.91 Å². The van der Waals surface area contributed by atoms with Crippen LogP contribution in [0.2, 0.25) is 0 Å². The number of carbonyl (C=O) groups is 1. The SMILES string of the molecule is C=C/C=C(/C#N)C(=N)N(CC1(N2CCN(CC(C)C)CC2)CCOCC1)C(=O)CC. The lowest BCUT2D eigenvalue weighted by Gasteiger charge is -2.51. The van der Waals surface area contributed by atoms with Crippen molar-refractivity contribution in [3.05, 3.63) is 24.3 Å². The van der Waals surface area contributed by atoms with E-state index in [2.05, 4.69) is 30.2 Å². The maximum Gasteiger partial charge on any atom is 0.227 e. The van der Waals surface area contributed by atoms with Crippen LogP contribution in [-0.2, 0) is 9.53 Å². The summed E-state index contributed by atoms with van der Waals surface area (Å²) in [5, 5.41) is 18.0. The fourth-order valence-corrected chi connectivity index (χ4v) is 4.46. The molecule has 2 aliphatic heterocycles. The number of allylic oxidation sites excluding steroid dienone is 2. The van der Waals surface area contributed by atoms with Crippen molar-refractivity contribution in [2.45, 2.75) is 45.6 Å². The molecule has 0 aromatic carbocycles. The van der Waals surface area contributed by atoms with Gasteiger partial charge in [-0.25, -0.2) is 0 Å². The van der Waals surface area contributed by atoms with Crippen molar-refractivity contribution in [2.24, 2.45) is 5.92 Å². The molecule has 0 bridgehead atoms. The van der Waals surface area contributed by atoms with Gasteiger partial charge in [-0.05, 0) is 24.8 Å². The van der Waals surface area contributed by atoms with E-state index in [-0.39, 0.29) is 22.9 Å². The standard InChI is InChI=1S/C23H37N5O2/c1-5-7-20(16-24)22(25)28(21(29)6-2)18-23(8-14-30-15-9-23)27-12-10-26(11-13-27)17-19(3)4/h5,7,19,25H,1,6,8-15,17-18H2,2-4H3/b20-7-,25-22?. The van der Waals surface area contributed by atoms with Crippen LogP contribution in [0.4, 0.5) is 0 Å². The number of carbonyl (C=O) groups excluding carboxylic acids is 1. The van der Waals surface area contributed by atoms with Gasteiger partial charge in [0.05, 0.1) is 5.57 Å². The highest BCUT2D eigenvalue weighted by Crippen LogP contribution is 2.31. The van der Waals surface area contributed by atoms with Gasteiger partial charge in [-0.2, -0.15) is 5.26 Å². The van der Waals surface area contributed by atoms with Crippen LogP contribution in [0, 0.1) is 22.7 Å². The maximum absolute atomic E-state index is 12.8. The molecular weight excluding hydrogens is 378 g/mol. The van der Waals surface area contributed by atoms with Crippen molar-refractivity contribution in [3.63, 3.8) is 0 Å². The lowest BCUT2D eigenvalue weighted by molar-refractivity contribution is -0.130. The number of hydrogen-bond donors (Lipinski definition) is 1. The Bertz CT molecular complexity index is 680. The molecule has 2 saturated heterocycles. The number of nitriles is 1. The van der Waals surface area contributed by atoms with Crippen molar-refractivity contribution < 1.29 is 9.53 Å². The largest absolute Gasteiger partial charge is 0.381 e. The fourth-order valence-electron chi connectivity index (χ4n) is 4.46. The van der Waals surface area contributed by atoms with E-state index < -0.39 is 0 Å². The Morgan fingerprint density at radius 1 is 1.30 bits per heavy atom. The summed E-state index contributed by atoms with van der Waals surface area (Å²) >= 11 is 0. The number of ether oxygens (including phenoxy) is 1. The van der Waals surface area contributed by atoms with Gasteiger partial charge in [-0.1, -0.05) is 33.4 Å². The topological polar surface area (TPSA) is 83.7 Å². The normalized spacial score (nSPS) is 20.6. The van der Waals surface area contributed by atoms with E-state index in [9.17, 15) is 10.1 Å². The molecule has 0 atom stereocenters. The van der Waals surface area contributed by atoms with Crippen LogP contribution in [0.25, 0.3) is 0 Å². The number of amidine groups is 1. The molecule has 7 heteroatoms. The molecule has 0 spiro atoms. The van der Waals surface area contributed by atoms with Crippen LogP contribution in [0.15, 0.2) is 24.3 Å². The van der Waals surface area contributed by atoms with E-state index in [0.29, 0.717) is 32.1 Å². The minimum absolute atomic E-state index is 0.0337. The smallest absolute Gasteiger partial charge is 0.227 e. The van der Waals surface area contributed by atoms with Crippen LogP contribution in [0.1, 0.15) is 40.0 Å². The van der Waals surface area contributed by atoms with Crippen LogP contribution in [0.3, 0.4) is 0 Å². The molecule has 0 radical (unpaired) electrons. The highest BCUT2D eigenvalue weighted by atomic mass is 16.5. The summed E-state index contributed by atoms with van der Waals surface area (Å²) in [5.41, 5.74) is -0.0654. The van der Waals surface area contributed by atoms with E-state index in [0.717, 1.165) is 45.6 Å². The first-order chi connectivity index (χ1) is 14.4. The van der Waals surface area contributed by atoms with E-state index in [1.807, 2.05) is 6.07 Å². The molecule has 2 heterocycles. The molecule has 2 aliphatic rings. The Kier molecular flexibility index (Phi) is 9.22. The molecule has 0 saturated carbocycles. The highest BCUT2D eigenvalue weighted by molar-refractivity contribution is 6.08. The van der Waals surface area contributed by atoms with Crippen LogP contribution in [-0.4, -0.2) is 84.5 Å². The quantitative estimate of drug-likeness (QED) is 0.285. The molecule has 0 aromatic rings. The van der Waals surface area contributed by atoms with Crippen LogP contribution >= 0.6 is 0 Å². The summed E-state index contributed by atoms with van der Waals surface area (Å²) in [7, 11) is 0. The summed E-state index contributed by atoms with van der Waals surface area (Å²) in [6.45, 7) is 16.7. The molecule has 2 fully saturated rings. The first-order valence-corrected chi connectivity index (χ1v) is 11.0. The van der Waals surface area contributed by atoms with Crippen molar-refractivity contribution >= 4 is 11.7 Å². The average Bonchev–Trinajstić information content (AvgIpc) is 2.75. The minimum Gasteiger partial charge on any atom is -0.381 e. The number of nitrogens with one attached hydrogen (secondary N) is 1. The summed E-state index contributed by atoms with van der Waals surface area (Å²) in [4.78, 5) is 19.3. The monoisotopic (exact) mass is 415 g/mol. The predicted octanol–water partition coefficient (Wildman–Crippen LogP) is 2.66. The zero-order valence-corrected chi connectivity index (χ0v) is 18.8. The van der Waals surface area contributed by atoms with Gasteiger partial charge in [0.1, 0.15) is 11.9 Å². The predicted molar refractivity (Wildman–Crippen MR) is 119 cm³/mol. The molecule has 166 valence electrons. The number of nitrogens with zero attached hydrogens (tertiary/aromatic N) is 4. The first-order valence-electron chi connectivity index (χ1n) is 11.0. The van der Waals surface area contributed by atoms with Gasteiger partial charge >= 0.3 is 0 Å². The Morgan fingerprint density at radius 2 is 1.93 bits per heavy atom. The van der Waals surface area contributed by atoms with Crippen molar-refractivity contribution in [1.82, 2.24) is 14.7 Å². The van der Waals surface area contributed by atoms with Gasteiger partial charge < -0.3 is 9.64 Å². The lowest BCUT2D eigenvalue weighted by atomic mass is 9.86. The molecule has 1 N–H and O–H groups in total. The average molecular weight is 416 g/mol. The van der Waals surface area contributed by atoms with Gasteiger partial charge in [0, 0.05) is 64.4 Å². The van der Waals surface area contributed by atoms with Gasteiger partial charge in [0.15, 0.2) is 0 Å². The summed E-state index contributed by atoms with van der Waals surface area (Å²) in [6, 6.07) is 2.04. The van der Waals surface area contributed by atoms with Crippen LogP contribution < -0.4 is 0 Å². The summed E-state index contributed by atoms with van der Waals surface area (Å²) in [5.74, 6) is 0.482. The van der Waals surface area contributed by atoms with E-state index in [1.54, 1.807) is 6.92 Å². The number of hydrogen-bond acceptors (Lipinski definition) is 6. The molecule has 7 nitrogen and oxygen atoms in total. The molecular formula is C23H37N5O2. The molecule has 0 aliphatic carbocycles. The Labute approximate surface area is 181 Å². The fraction of sp³-hybridized carbons (Fsp3) is 0.696. The zero-order chi connectivity index (χ0) is 22.1. The van der Waals surface area contributed by atoms with Gasteiger partial charge in [-0.15, -0.1) is 0 Å².